The van der Waals surface area contributed by atoms with Crippen molar-refractivity contribution < 1.29 is 0 Å². The number of aryl methyl sites for hydroxylation is 1. The van der Waals surface area contributed by atoms with Gasteiger partial charge in [0.15, 0.2) is 0 Å². The normalized spacial score (nSPS) is 11.6. The first-order valence-corrected chi connectivity index (χ1v) is 6.35. The number of hydrogen-bond donors (Lipinski definition) is 1. The zero-order valence-corrected chi connectivity index (χ0v) is 11.3. The summed E-state index contributed by atoms with van der Waals surface area (Å²) in [5, 5.41) is 4.33. The number of pyridine rings is 1. The molecule has 3 heterocycles. The van der Waals surface area contributed by atoms with E-state index in [1.807, 2.05) is 46.7 Å². The van der Waals surface area contributed by atoms with Gasteiger partial charge in [0, 0.05) is 24.0 Å². The van der Waals surface area contributed by atoms with Crippen LogP contribution in [0.3, 0.4) is 0 Å². The van der Waals surface area contributed by atoms with E-state index in [2.05, 4.69) is 23.9 Å². The Balaban J connectivity index is 2.16. The lowest BCUT2D eigenvalue weighted by Gasteiger charge is -2.02. The number of nitrogens with two attached hydrogens (primary N) is 1. The SMILES string of the molecule is Cc1ccn2c(N)c(-c3cnn(C(C)C)c3)nc2c1. The summed E-state index contributed by atoms with van der Waals surface area (Å²) < 4.78 is 3.80. The van der Waals surface area contributed by atoms with Crippen molar-refractivity contribution in [3.8, 4) is 11.3 Å². The van der Waals surface area contributed by atoms with Gasteiger partial charge < -0.3 is 5.73 Å². The van der Waals surface area contributed by atoms with Gasteiger partial charge in [0.1, 0.15) is 17.2 Å². The highest BCUT2D eigenvalue weighted by Gasteiger charge is 2.13. The molecule has 19 heavy (non-hydrogen) atoms. The predicted molar refractivity (Wildman–Crippen MR) is 75.9 cm³/mol. The van der Waals surface area contributed by atoms with Crippen molar-refractivity contribution in [2.24, 2.45) is 0 Å². The Morgan fingerprint density at radius 1 is 1.32 bits per heavy atom. The summed E-state index contributed by atoms with van der Waals surface area (Å²) in [6.45, 7) is 6.22. The smallest absolute Gasteiger partial charge is 0.139 e. The van der Waals surface area contributed by atoms with Crippen LogP contribution in [0.1, 0.15) is 25.5 Å². The van der Waals surface area contributed by atoms with Gasteiger partial charge in [-0.3, -0.25) is 9.08 Å². The Kier molecular flexibility index (Phi) is 2.55. The molecule has 0 radical (unpaired) electrons. The van der Waals surface area contributed by atoms with Crippen LogP contribution in [0, 0.1) is 6.92 Å². The first-order valence-electron chi connectivity index (χ1n) is 6.35. The standard InChI is InChI=1S/C14H17N5/c1-9(2)19-8-11(7-16-19)13-14(15)18-5-4-10(3)6-12(18)17-13/h4-9H,15H2,1-3H3. The van der Waals surface area contributed by atoms with Gasteiger partial charge in [0.2, 0.25) is 0 Å². The molecule has 0 aliphatic rings. The van der Waals surface area contributed by atoms with Gasteiger partial charge >= 0.3 is 0 Å². The van der Waals surface area contributed by atoms with E-state index in [4.69, 9.17) is 5.73 Å². The average molecular weight is 255 g/mol. The van der Waals surface area contributed by atoms with E-state index < -0.39 is 0 Å². The van der Waals surface area contributed by atoms with E-state index in [1.54, 1.807) is 0 Å². The molecule has 0 atom stereocenters. The van der Waals surface area contributed by atoms with Crippen LogP contribution >= 0.6 is 0 Å². The molecule has 5 heteroatoms. The van der Waals surface area contributed by atoms with Crippen molar-refractivity contribution in [2.45, 2.75) is 26.8 Å². The molecule has 0 aromatic carbocycles. The molecule has 5 nitrogen and oxygen atoms in total. The van der Waals surface area contributed by atoms with Crippen LogP contribution in [-0.4, -0.2) is 19.2 Å². The van der Waals surface area contributed by atoms with Crippen molar-refractivity contribution in [3.05, 3.63) is 36.3 Å². The number of hydrogen-bond acceptors (Lipinski definition) is 3. The third-order valence-electron chi connectivity index (χ3n) is 3.22. The third kappa shape index (κ3) is 1.87. The predicted octanol–water partition coefficient (Wildman–Crippen LogP) is 2.67. The van der Waals surface area contributed by atoms with Gasteiger partial charge in [-0.25, -0.2) is 4.98 Å². The molecule has 0 unspecified atom stereocenters. The van der Waals surface area contributed by atoms with E-state index in [0.717, 1.165) is 16.9 Å². The van der Waals surface area contributed by atoms with Crippen LogP contribution in [-0.2, 0) is 0 Å². The van der Waals surface area contributed by atoms with Gasteiger partial charge in [-0.05, 0) is 38.5 Å². The average Bonchev–Trinajstić information content (AvgIpc) is 2.94. The van der Waals surface area contributed by atoms with Gasteiger partial charge in [-0.2, -0.15) is 5.10 Å². The first kappa shape index (κ1) is 11.8. The molecule has 0 aliphatic carbocycles. The van der Waals surface area contributed by atoms with Crippen molar-refractivity contribution in [3.63, 3.8) is 0 Å². The zero-order chi connectivity index (χ0) is 13.6. The summed E-state index contributed by atoms with van der Waals surface area (Å²) in [7, 11) is 0. The van der Waals surface area contributed by atoms with Crippen molar-refractivity contribution in [2.75, 3.05) is 5.73 Å². The number of nitrogen functional groups attached to an aromatic ring is 1. The maximum Gasteiger partial charge on any atom is 0.139 e. The quantitative estimate of drug-likeness (QED) is 0.765. The number of imidazole rings is 1. The topological polar surface area (TPSA) is 61.1 Å². The number of nitrogens with zero attached hydrogens (tertiary/aromatic N) is 4. The van der Waals surface area contributed by atoms with Gasteiger partial charge in [0.05, 0.1) is 6.20 Å². The van der Waals surface area contributed by atoms with E-state index in [0.29, 0.717) is 11.9 Å². The molecular weight excluding hydrogens is 238 g/mol. The first-order chi connectivity index (χ1) is 9.06. The lowest BCUT2D eigenvalue weighted by molar-refractivity contribution is 0.532. The lowest BCUT2D eigenvalue weighted by atomic mass is 10.2. The summed E-state index contributed by atoms with van der Waals surface area (Å²) in [5.41, 5.74) is 9.94. The Hall–Kier alpha value is -2.30. The molecule has 0 bridgehead atoms. The minimum atomic E-state index is 0.328. The second-order valence-corrected chi connectivity index (χ2v) is 5.08. The lowest BCUT2D eigenvalue weighted by Crippen LogP contribution is -1.99. The Labute approximate surface area is 111 Å². The minimum Gasteiger partial charge on any atom is -0.383 e. The largest absolute Gasteiger partial charge is 0.383 e. The third-order valence-corrected chi connectivity index (χ3v) is 3.22. The van der Waals surface area contributed by atoms with Crippen LogP contribution in [0.4, 0.5) is 5.82 Å². The molecule has 3 rings (SSSR count). The highest BCUT2D eigenvalue weighted by atomic mass is 15.3. The van der Waals surface area contributed by atoms with Crippen LogP contribution in [0.25, 0.3) is 16.9 Å². The fraction of sp³-hybridized carbons (Fsp3) is 0.286. The Morgan fingerprint density at radius 2 is 2.11 bits per heavy atom. The second kappa shape index (κ2) is 4.12. The minimum absolute atomic E-state index is 0.328. The van der Waals surface area contributed by atoms with E-state index in [-0.39, 0.29) is 0 Å². The Bertz CT molecular complexity index is 735. The van der Waals surface area contributed by atoms with E-state index >= 15 is 0 Å². The number of anilines is 1. The number of aromatic nitrogens is 4. The van der Waals surface area contributed by atoms with Crippen LogP contribution in [0.5, 0.6) is 0 Å². The fourth-order valence-corrected chi connectivity index (χ4v) is 2.12. The highest BCUT2D eigenvalue weighted by Crippen LogP contribution is 2.26. The summed E-state index contributed by atoms with van der Waals surface area (Å²) in [5.74, 6) is 0.651. The molecule has 98 valence electrons. The van der Waals surface area contributed by atoms with Crippen LogP contribution < -0.4 is 5.73 Å². The number of fused-ring (bicyclic) bond motifs is 1. The molecule has 0 saturated carbocycles. The van der Waals surface area contributed by atoms with Crippen molar-refractivity contribution in [1.29, 1.82) is 0 Å². The molecule has 0 fully saturated rings. The van der Waals surface area contributed by atoms with Crippen LogP contribution in [0.2, 0.25) is 0 Å². The summed E-state index contributed by atoms with van der Waals surface area (Å²) in [4.78, 5) is 4.60. The second-order valence-electron chi connectivity index (χ2n) is 5.08. The molecule has 0 saturated heterocycles. The maximum absolute atomic E-state index is 6.17. The summed E-state index contributed by atoms with van der Waals surface area (Å²) in [6.07, 6.45) is 5.74. The van der Waals surface area contributed by atoms with Gasteiger partial charge in [0.25, 0.3) is 0 Å². The Morgan fingerprint density at radius 3 is 2.79 bits per heavy atom. The molecular formula is C14H17N5. The molecule has 2 N–H and O–H groups in total. The fourth-order valence-electron chi connectivity index (χ4n) is 2.12. The molecule has 3 aromatic heterocycles. The number of rotatable bonds is 2. The molecule has 3 aromatic rings. The van der Waals surface area contributed by atoms with Crippen LogP contribution in [0.15, 0.2) is 30.7 Å². The zero-order valence-electron chi connectivity index (χ0n) is 11.3. The summed E-state index contributed by atoms with van der Waals surface area (Å²) in [6, 6.07) is 4.37. The molecule has 0 aliphatic heterocycles. The highest BCUT2D eigenvalue weighted by molar-refractivity contribution is 5.74. The monoisotopic (exact) mass is 255 g/mol. The maximum atomic E-state index is 6.17. The molecule has 0 amide bonds. The van der Waals surface area contributed by atoms with Crippen molar-refractivity contribution >= 4 is 11.5 Å². The van der Waals surface area contributed by atoms with Gasteiger partial charge in [-0.15, -0.1) is 0 Å². The van der Waals surface area contributed by atoms with Crippen molar-refractivity contribution in [1.82, 2.24) is 19.2 Å². The van der Waals surface area contributed by atoms with Gasteiger partial charge in [-0.1, -0.05) is 0 Å². The van der Waals surface area contributed by atoms with E-state index in [1.165, 1.54) is 5.56 Å². The van der Waals surface area contributed by atoms with E-state index in [9.17, 15) is 0 Å². The summed E-state index contributed by atoms with van der Waals surface area (Å²) >= 11 is 0. The molecule has 0 spiro atoms.